The molecular formula is C21H24N2O2S. The van der Waals surface area contributed by atoms with Crippen LogP contribution < -0.4 is 10.2 Å². The van der Waals surface area contributed by atoms with Gasteiger partial charge in [0.1, 0.15) is 6.54 Å². The van der Waals surface area contributed by atoms with Gasteiger partial charge >= 0.3 is 0 Å². The molecule has 1 aliphatic rings. The lowest BCUT2D eigenvalue weighted by molar-refractivity contribution is -0.121. The van der Waals surface area contributed by atoms with Crippen LogP contribution in [0.3, 0.4) is 0 Å². The summed E-state index contributed by atoms with van der Waals surface area (Å²) in [4.78, 5) is 27.6. The lowest BCUT2D eigenvalue weighted by Crippen LogP contribution is -2.37. The van der Waals surface area contributed by atoms with Gasteiger partial charge < -0.3 is 10.2 Å². The third kappa shape index (κ3) is 4.67. The standard InChI is InChI=1S/C21H24N2O2S/c1-2-3-6-16-9-11-17(12-10-16)22-20(24)15-23-18-7-4-5-8-19(18)26-14-13-21(23)25/h4-5,7-12H,2-3,6,13-15H2,1H3,(H,22,24). The molecule has 2 amide bonds. The number of hydrogen-bond acceptors (Lipinski definition) is 3. The van der Waals surface area contributed by atoms with Crippen LogP contribution in [-0.4, -0.2) is 24.1 Å². The summed E-state index contributed by atoms with van der Waals surface area (Å²) >= 11 is 1.66. The van der Waals surface area contributed by atoms with E-state index in [4.69, 9.17) is 0 Å². The Morgan fingerprint density at radius 3 is 2.69 bits per heavy atom. The predicted octanol–water partition coefficient (Wildman–Crippen LogP) is 4.50. The molecule has 0 radical (unpaired) electrons. The van der Waals surface area contributed by atoms with Crippen LogP contribution in [0, 0.1) is 0 Å². The molecule has 0 unspecified atom stereocenters. The molecule has 0 saturated carbocycles. The van der Waals surface area contributed by atoms with E-state index in [0.29, 0.717) is 6.42 Å². The third-order valence-electron chi connectivity index (χ3n) is 4.39. The highest BCUT2D eigenvalue weighted by atomic mass is 32.2. The van der Waals surface area contributed by atoms with Crippen LogP contribution in [0.15, 0.2) is 53.4 Å². The van der Waals surface area contributed by atoms with Crippen molar-refractivity contribution in [2.45, 2.75) is 37.5 Å². The van der Waals surface area contributed by atoms with Crippen molar-refractivity contribution >= 4 is 35.0 Å². The lowest BCUT2D eigenvalue weighted by atomic mass is 10.1. The highest BCUT2D eigenvalue weighted by Gasteiger charge is 2.24. The van der Waals surface area contributed by atoms with E-state index < -0.39 is 0 Å². The number of rotatable bonds is 6. The number of hydrogen-bond donors (Lipinski definition) is 1. The molecule has 4 nitrogen and oxygen atoms in total. The largest absolute Gasteiger partial charge is 0.325 e. The average molecular weight is 369 g/mol. The molecule has 5 heteroatoms. The van der Waals surface area contributed by atoms with Crippen molar-refractivity contribution in [3.05, 3.63) is 54.1 Å². The summed E-state index contributed by atoms with van der Waals surface area (Å²) in [5, 5.41) is 2.90. The SMILES string of the molecule is CCCCc1ccc(NC(=O)CN2C(=O)CCSc3ccccc32)cc1. The molecule has 2 aromatic rings. The maximum absolute atomic E-state index is 12.5. The van der Waals surface area contributed by atoms with Gasteiger partial charge in [-0.05, 0) is 42.7 Å². The van der Waals surface area contributed by atoms with Gasteiger partial charge in [-0.1, -0.05) is 37.6 Å². The van der Waals surface area contributed by atoms with Gasteiger partial charge in [0.2, 0.25) is 11.8 Å². The van der Waals surface area contributed by atoms with Crippen molar-refractivity contribution in [3.63, 3.8) is 0 Å². The number of nitrogens with zero attached hydrogens (tertiary/aromatic N) is 1. The molecule has 3 rings (SSSR count). The Hall–Kier alpha value is -2.27. The first-order valence-corrected chi connectivity index (χ1v) is 10.1. The molecule has 136 valence electrons. The quantitative estimate of drug-likeness (QED) is 0.817. The summed E-state index contributed by atoms with van der Waals surface area (Å²) in [5.41, 5.74) is 2.86. The van der Waals surface area contributed by atoms with Crippen LogP contribution >= 0.6 is 11.8 Å². The first-order chi connectivity index (χ1) is 12.7. The Bertz CT molecular complexity index is 774. The van der Waals surface area contributed by atoms with Crippen molar-refractivity contribution < 1.29 is 9.59 Å². The van der Waals surface area contributed by atoms with Gasteiger partial charge in [0.15, 0.2) is 0 Å². The first-order valence-electron chi connectivity index (χ1n) is 9.08. The molecule has 0 saturated heterocycles. The van der Waals surface area contributed by atoms with Gasteiger partial charge in [0.05, 0.1) is 5.69 Å². The summed E-state index contributed by atoms with van der Waals surface area (Å²) < 4.78 is 0. The second kappa shape index (κ2) is 8.90. The number of carbonyl (C=O) groups excluding carboxylic acids is 2. The second-order valence-corrected chi connectivity index (χ2v) is 7.53. The Labute approximate surface area is 159 Å². The highest BCUT2D eigenvalue weighted by molar-refractivity contribution is 7.99. The minimum atomic E-state index is -0.179. The van der Waals surface area contributed by atoms with Crippen molar-refractivity contribution in [2.75, 3.05) is 22.5 Å². The summed E-state index contributed by atoms with van der Waals surface area (Å²) in [6, 6.07) is 15.7. The van der Waals surface area contributed by atoms with Gasteiger partial charge in [0.25, 0.3) is 0 Å². The van der Waals surface area contributed by atoms with Crippen LogP contribution in [0.25, 0.3) is 0 Å². The lowest BCUT2D eigenvalue weighted by Gasteiger charge is -2.22. The number of aryl methyl sites for hydroxylation is 1. The predicted molar refractivity (Wildman–Crippen MR) is 108 cm³/mol. The molecule has 2 aromatic carbocycles. The van der Waals surface area contributed by atoms with Crippen molar-refractivity contribution in [3.8, 4) is 0 Å². The summed E-state index contributed by atoms with van der Waals surface area (Å²) in [6.45, 7) is 2.21. The molecule has 26 heavy (non-hydrogen) atoms. The van der Waals surface area contributed by atoms with Crippen LogP contribution in [0.4, 0.5) is 11.4 Å². The van der Waals surface area contributed by atoms with Crippen LogP contribution in [0.1, 0.15) is 31.7 Å². The minimum Gasteiger partial charge on any atom is -0.325 e. The zero-order valence-electron chi connectivity index (χ0n) is 15.0. The highest BCUT2D eigenvalue weighted by Crippen LogP contribution is 2.33. The van der Waals surface area contributed by atoms with E-state index in [0.717, 1.165) is 28.4 Å². The van der Waals surface area contributed by atoms with Gasteiger partial charge in [-0.3, -0.25) is 9.59 Å². The number of thioether (sulfide) groups is 1. The van der Waals surface area contributed by atoms with Gasteiger partial charge in [-0.15, -0.1) is 11.8 Å². The number of anilines is 2. The Morgan fingerprint density at radius 2 is 1.92 bits per heavy atom. The average Bonchev–Trinajstić information content (AvgIpc) is 2.80. The van der Waals surface area contributed by atoms with E-state index in [-0.39, 0.29) is 18.4 Å². The van der Waals surface area contributed by atoms with Crippen LogP contribution in [-0.2, 0) is 16.0 Å². The fourth-order valence-corrected chi connectivity index (χ4v) is 3.97. The van der Waals surface area contributed by atoms with Gasteiger partial charge in [-0.25, -0.2) is 0 Å². The molecule has 0 fully saturated rings. The second-order valence-electron chi connectivity index (χ2n) is 6.39. The zero-order valence-corrected chi connectivity index (χ0v) is 15.8. The number of fused-ring (bicyclic) bond motifs is 1. The summed E-state index contributed by atoms with van der Waals surface area (Å²) in [7, 11) is 0. The molecule has 0 atom stereocenters. The summed E-state index contributed by atoms with van der Waals surface area (Å²) in [5.74, 6) is 0.557. The first kappa shape index (κ1) is 18.5. The maximum Gasteiger partial charge on any atom is 0.244 e. The fourth-order valence-electron chi connectivity index (χ4n) is 2.97. The smallest absolute Gasteiger partial charge is 0.244 e. The Morgan fingerprint density at radius 1 is 1.15 bits per heavy atom. The Kier molecular flexibility index (Phi) is 6.34. The van der Waals surface area contributed by atoms with E-state index in [1.54, 1.807) is 16.7 Å². The van der Waals surface area contributed by atoms with E-state index in [9.17, 15) is 9.59 Å². The van der Waals surface area contributed by atoms with Crippen LogP contribution in [0.2, 0.25) is 0 Å². The monoisotopic (exact) mass is 368 g/mol. The summed E-state index contributed by atoms with van der Waals surface area (Å²) in [6.07, 6.45) is 3.84. The third-order valence-corrected chi connectivity index (χ3v) is 5.45. The Balaban J connectivity index is 1.66. The van der Waals surface area contributed by atoms with Gasteiger partial charge in [-0.2, -0.15) is 0 Å². The molecule has 0 aromatic heterocycles. The molecule has 1 heterocycles. The van der Waals surface area contributed by atoms with E-state index in [1.165, 1.54) is 18.4 Å². The molecular weight excluding hydrogens is 344 g/mol. The zero-order chi connectivity index (χ0) is 18.4. The molecule has 1 aliphatic heterocycles. The van der Waals surface area contributed by atoms with E-state index in [2.05, 4.69) is 12.2 Å². The number of unbranched alkanes of at least 4 members (excludes halogenated alkanes) is 1. The van der Waals surface area contributed by atoms with Crippen molar-refractivity contribution in [1.29, 1.82) is 0 Å². The normalized spacial score (nSPS) is 13.9. The number of carbonyl (C=O) groups is 2. The number of benzene rings is 2. The van der Waals surface area contributed by atoms with Gasteiger partial charge in [0, 0.05) is 22.8 Å². The minimum absolute atomic E-state index is 0.00693. The molecule has 0 bridgehead atoms. The van der Waals surface area contributed by atoms with Crippen LogP contribution in [0.5, 0.6) is 0 Å². The van der Waals surface area contributed by atoms with E-state index in [1.807, 2.05) is 48.5 Å². The number of para-hydroxylation sites is 1. The van der Waals surface area contributed by atoms with E-state index >= 15 is 0 Å². The van der Waals surface area contributed by atoms with Crippen molar-refractivity contribution in [1.82, 2.24) is 0 Å². The fraction of sp³-hybridized carbons (Fsp3) is 0.333. The maximum atomic E-state index is 12.5. The molecule has 0 aliphatic carbocycles. The number of nitrogens with one attached hydrogen (secondary N) is 1. The van der Waals surface area contributed by atoms with Crippen molar-refractivity contribution in [2.24, 2.45) is 0 Å². The topological polar surface area (TPSA) is 49.4 Å². The number of amides is 2. The molecule has 1 N–H and O–H groups in total. The molecule has 0 spiro atoms.